The Bertz CT molecular complexity index is 618. The maximum atomic E-state index is 5.37. The minimum absolute atomic E-state index is 0.366. The topological polar surface area (TPSA) is 94.3 Å². The Labute approximate surface area is 123 Å². The lowest BCUT2D eigenvalue weighted by Crippen LogP contribution is -2.12. The van der Waals surface area contributed by atoms with Gasteiger partial charge < -0.3 is 14.8 Å². The highest BCUT2D eigenvalue weighted by molar-refractivity contribution is 5.48. The second-order valence-electron chi connectivity index (χ2n) is 4.40. The molecule has 112 valence electrons. The summed E-state index contributed by atoms with van der Waals surface area (Å²) in [6.45, 7) is 2.49. The molecular formula is C14H19N5O2. The van der Waals surface area contributed by atoms with Gasteiger partial charge >= 0.3 is 0 Å². The summed E-state index contributed by atoms with van der Waals surface area (Å²) in [5.74, 6) is 7.91. The zero-order chi connectivity index (χ0) is 15.2. The smallest absolute Gasteiger partial charge is 0.239 e. The molecule has 0 unspecified atom stereocenters. The van der Waals surface area contributed by atoms with E-state index >= 15 is 0 Å². The first-order valence-electron chi connectivity index (χ1n) is 6.43. The van der Waals surface area contributed by atoms with Gasteiger partial charge in [0.15, 0.2) is 0 Å². The van der Waals surface area contributed by atoms with E-state index in [1.54, 1.807) is 20.4 Å². The molecule has 2 aromatic rings. The Kier molecular flexibility index (Phi) is 4.78. The summed E-state index contributed by atoms with van der Waals surface area (Å²) in [7, 11) is 3.25. The van der Waals surface area contributed by atoms with Gasteiger partial charge in [-0.2, -0.15) is 4.98 Å². The standard InChI is InChI=1S/C14H19N5O2/c1-9-7-17-14(19-15)18-13(9)16-8-10-4-5-11(20-2)6-12(10)21-3/h4-7H,8,15H2,1-3H3,(H2,16,17,18,19). The molecule has 2 rings (SSSR count). The molecule has 0 saturated carbocycles. The van der Waals surface area contributed by atoms with Crippen LogP contribution in [0, 0.1) is 6.92 Å². The number of hydrogen-bond donors (Lipinski definition) is 3. The van der Waals surface area contributed by atoms with Crippen molar-refractivity contribution in [1.82, 2.24) is 9.97 Å². The second kappa shape index (κ2) is 6.76. The lowest BCUT2D eigenvalue weighted by molar-refractivity contribution is 0.391. The Morgan fingerprint density at radius 2 is 2.05 bits per heavy atom. The third-order valence-electron chi connectivity index (χ3n) is 3.04. The summed E-state index contributed by atoms with van der Waals surface area (Å²) in [6, 6.07) is 5.68. The van der Waals surface area contributed by atoms with Crippen molar-refractivity contribution in [3.8, 4) is 11.5 Å². The number of methoxy groups -OCH3 is 2. The highest BCUT2D eigenvalue weighted by atomic mass is 16.5. The molecule has 0 aliphatic carbocycles. The summed E-state index contributed by atoms with van der Waals surface area (Å²) in [5.41, 5.74) is 4.36. The predicted octanol–water partition coefficient (Wildman–Crippen LogP) is 1.70. The molecule has 0 fully saturated rings. The number of nitrogens with one attached hydrogen (secondary N) is 2. The number of benzene rings is 1. The van der Waals surface area contributed by atoms with Crippen molar-refractivity contribution in [1.29, 1.82) is 0 Å². The molecule has 0 amide bonds. The Balaban J connectivity index is 2.16. The van der Waals surface area contributed by atoms with Gasteiger partial charge in [0.05, 0.1) is 14.2 Å². The average Bonchev–Trinajstić information content (AvgIpc) is 2.54. The quantitative estimate of drug-likeness (QED) is 0.550. The first kappa shape index (κ1) is 14.9. The third kappa shape index (κ3) is 3.51. The van der Waals surface area contributed by atoms with Crippen molar-refractivity contribution in [2.24, 2.45) is 5.84 Å². The largest absolute Gasteiger partial charge is 0.497 e. The first-order valence-corrected chi connectivity index (χ1v) is 6.43. The lowest BCUT2D eigenvalue weighted by atomic mass is 10.2. The lowest BCUT2D eigenvalue weighted by Gasteiger charge is -2.13. The number of hydrazine groups is 1. The Hall–Kier alpha value is -2.54. The summed E-state index contributed by atoms with van der Waals surface area (Å²) < 4.78 is 10.5. The number of nitrogen functional groups attached to an aromatic ring is 1. The SMILES string of the molecule is COc1ccc(CNc2nc(NN)ncc2C)c(OC)c1. The van der Waals surface area contributed by atoms with Crippen LogP contribution in [0.25, 0.3) is 0 Å². The van der Waals surface area contributed by atoms with Crippen LogP contribution in [0.15, 0.2) is 24.4 Å². The van der Waals surface area contributed by atoms with E-state index < -0.39 is 0 Å². The maximum Gasteiger partial charge on any atom is 0.239 e. The minimum atomic E-state index is 0.366. The van der Waals surface area contributed by atoms with Gasteiger partial charge in [-0.05, 0) is 19.1 Å². The number of rotatable bonds is 6. The Morgan fingerprint density at radius 1 is 1.24 bits per heavy atom. The van der Waals surface area contributed by atoms with Gasteiger partial charge in [0, 0.05) is 29.9 Å². The number of nitrogens with zero attached hydrogens (tertiary/aromatic N) is 2. The van der Waals surface area contributed by atoms with E-state index in [1.165, 1.54) is 0 Å². The highest BCUT2D eigenvalue weighted by Crippen LogP contribution is 2.25. The van der Waals surface area contributed by atoms with Gasteiger partial charge in [-0.1, -0.05) is 0 Å². The van der Waals surface area contributed by atoms with Crippen molar-refractivity contribution in [2.75, 3.05) is 25.0 Å². The molecule has 4 N–H and O–H groups in total. The van der Waals surface area contributed by atoms with Crippen molar-refractivity contribution < 1.29 is 9.47 Å². The normalized spacial score (nSPS) is 10.1. The van der Waals surface area contributed by atoms with Gasteiger partial charge in [0.25, 0.3) is 0 Å². The molecule has 7 heteroatoms. The van der Waals surface area contributed by atoms with Crippen LogP contribution in [0.5, 0.6) is 11.5 Å². The van der Waals surface area contributed by atoms with Crippen molar-refractivity contribution >= 4 is 11.8 Å². The van der Waals surface area contributed by atoms with Gasteiger partial charge in [-0.3, -0.25) is 5.43 Å². The highest BCUT2D eigenvalue weighted by Gasteiger charge is 2.07. The molecular weight excluding hydrogens is 270 g/mol. The van der Waals surface area contributed by atoms with Gasteiger partial charge in [-0.25, -0.2) is 10.8 Å². The summed E-state index contributed by atoms with van der Waals surface area (Å²) in [4.78, 5) is 8.31. The first-order chi connectivity index (χ1) is 10.2. The minimum Gasteiger partial charge on any atom is -0.497 e. The van der Waals surface area contributed by atoms with Crippen LogP contribution >= 0.6 is 0 Å². The van der Waals surface area contributed by atoms with Gasteiger partial charge in [-0.15, -0.1) is 0 Å². The fourth-order valence-corrected chi connectivity index (χ4v) is 1.87. The van der Waals surface area contributed by atoms with Crippen LogP contribution < -0.4 is 26.1 Å². The second-order valence-corrected chi connectivity index (χ2v) is 4.40. The zero-order valence-electron chi connectivity index (χ0n) is 12.3. The van der Waals surface area contributed by atoms with Gasteiger partial charge in [0.2, 0.25) is 5.95 Å². The Morgan fingerprint density at radius 3 is 2.71 bits per heavy atom. The number of anilines is 2. The molecule has 0 spiro atoms. The molecule has 1 aromatic heterocycles. The maximum absolute atomic E-state index is 5.37. The number of aryl methyl sites for hydroxylation is 1. The van der Waals surface area contributed by atoms with Crippen LogP contribution in [0.3, 0.4) is 0 Å². The molecule has 7 nitrogen and oxygen atoms in total. The van der Waals surface area contributed by atoms with E-state index in [0.29, 0.717) is 12.5 Å². The van der Waals surface area contributed by atoms with Crippen molar-refractivity contribution in [3.63, 3.8) is 0 Å². The van der Waals surface area contributed by atoms with E-state index in [-0.39, 0.29) is 0 Å². The monoisotopic (exact) mass is 289 g/mol. The number of aromatic nitrogens is 2. The van der Waals surface area contributed by atoms with E-state index in [9.17, 15) is 0 Å². The third-order valence-corrected chi connectivity index (χ3v) is 3.04. The van der Waals surface area contributed by atoms with Crippen molar-refractivity contribution in [3.05, 3.63) is 35.5 Å². The molecule has 21 heavy (non-hydrogen) atoms. The number of nitrogens with two attached hydrogens (primary N) is 1. The van der Waals surface area contributed by atoms with Crippen molar-refractivity contribution in [2.45, 2.75) is 13.5 Å². The molecule has 0 aliphatic rings. The summed E-state index contributed by atoms with van der Waals surface area (Å²) in [5, 5.41) is 3.25. The molecule has 1 aromatic carbocycles. The number of ether oxygens (including phenoxy) is 2. The van der Waals surface area contributed by atoms with Crippen LogP contribution in [0.2, 0.25) is 0 Å². The summed E-state index contributed by atoms with van der Waals surface area (Å²) in [6.07, 6.45) is 1.70. The van der Waals surface area contributed by atoms with Crippen LogP contribution in [-0.4, -0.2) is 24.2 Å². The number of hydrogen-bond acceptors (Lipinski definition) is 7. The molecule has 0 atom stereocenters. The van der Waals surface area contributed by atoms with Crippen LogP contribution in [0.1, 0.15) is 11.1 Å². The molecule has 0 bridgehead atoms. The van der Waals surface area contributed by atoms with E-state index in [1.807, 2.05) is 25.1 Å². The average molecular weight is 289 g/mol. The summed E-state index contributed by atoms with van der Waals surface area (Å²) >= 11 is 0. The zero-order valence-corrected chi connectivity index (χ0v) is 12.3. The molecule has 0 saturated heterocycles. The van der Waals surface area contributed by atoms with E-state index in [4.69, 9.17) is 15.3 Å². The molecule has 0 radical (unpaired) electrons. The predicted molar refractivity (Wildman–Crippen MR) is 81.5 cm³/mol. The molecule has 1 heterocycles. The van der Waals surface area contributed by atoms with Crippen LogP contribution in [0.4, 0.5) is 11.8 Å². The fraction of sp³-hybridized carbons (Fsp3) is 0.286. The van der Waals surface area contributed by atoms with Gasteiger partial charge in [0.1, 0.15) is 17.3 Å². The van der Waals surface area contributed by atoms with E-state index in [2.05, 4.69) is 20.7 Å². The van der Waals surface area contributed by atoms with E-state index in [0.717, 1.165) is 28.4 Å². The van der Waals surface area contributed by atoms with Crippen LogP contribution in [-0.2, 0) is 6.54 Å². The fourth-order valence-electron chi connectivity index (χ4n) is 1.87. The molecule has 0 aliphatic heterocycles.